The van der Waals surface area contributed by atoms with Crippen molar-refractivity contribution in [1.82, 2.24) is 0 Å². The summed E-state index contributed by atoms with van der Waals surface area (Å²) in [7, 11) is 0. The molecule has 0 radical (unpaired) electrons. The first-order valence-electron chi connectivity index (χ1n) is 6.76. The van der Waals surface area contributed by atoms with E-state index in [-0.39, 0.29) is 12.2 Å². The predicted octanol–water partition coefficient (Wildman–Crippen LogP) is 4.27. The van der Waals surface area contributed by atoms with E-state index in [2.05, 4.69) is 0 Å². The Morgan fingerprint density at radius 2 is 1.05 bits per heavy atom. The highest BCUT2D eigenvalue weighted by molar-refractivity contribution is 7.89. The van der Waals surface area contributed by atoms with Crippen molar-refractivity contribution >= 4 is 23.7 Å². The molecule has 0 saturated carbocycles. The summed E-state index contributed by atoms with van der Waals surface area (Å²) in [6.45, 7) is 3.94. The quantitative estimate of drug-likeness (QED) is 0.616. The van der Waals surface area contributed by atoms with E-state index in [0.717, 1.165) is 34.8 Å². The van der Waals surface area contributed by atoms with Crippen molar-refractivity contribution in [2.24, 2.45) is 0 Å². The van der Waals surface area contributed by atoms with Crippen LogP contribution < -0.4 is 11.5 Å². The van der Waals surface area contributed by atoms with E-state index < -0.39 is 0 Å². The fraction of sp³-hybridized carbons (Fsp3) is 0.250. The van der Waals surface area contributed by atoms with Gasteiger partial charge in [0.15, 0.2) is 12.3 Å². The molecule has 0 aliphatic rings. The highest BCUT2D eigenvalue weighted by Gasteiger charge is 2.10. The summed E-state index contributed by atoms with van der Waals surface area (Å²) in [4.78, 5) is 0. The minimum Gasteiger partial charge on any atom is -0.399 e. The van der Waals surface area contributed by atoms with Crippen LogP contribution in [0.15, 0.2) is 48.5 Å². The first kappa shape index (κ1) is 15.7. The highest BCUT2D eigenvalue weighted by atomic mass is 32.2. The number of nitrogens with two attached hydrogens (primary N) is 2. The lowest BCUT2D eigenvalue weighted by Gasteiger charge is -2.15. The van der Waals surface area contributed by atoms with E-state index in [1.807, 2.05) is 62.4 Å². The van der Waals surface area contributed by atoms with Gasteiger partial charge in [-0.3, -0.25) is 8.37 Å². The Morgan fingerprint density at radius 1 is 0.714 bits per heavy atom. The smallest absolute Gasteiger partial charge is 0.159 e. The molecule has 4 N–H and O–H groups in total. The third-order valence-electron chi connectivity index (χ3n) is 3.18. The van der Waals surface area contributed by atoms with Gasteiger partial charge in [-0.1, -0.05) is 24.3 Å². The Labute approximate surface area is 129 Å². The van der Waals surface area contributed by atoms with Crippen molar-refractivity contribution in [2.75, 3.05) is 11.5 Å². The summed E-state index contributed by atoms with van der Waals surface area (Å²) in [6.07, 6.45) is -0.150. The zero-order chi connectivity index (χ0) is 15.2. The third-order valence-corrected chi connectivity index (χ3v) is 3.91. The molecule has 4 nitrogen and oxygen atoms in total. The Morgan fingerprint density at radius 3 is 1.38 bits per heavy atom. The molecule has 2 aromatic rings. The summed E-state index contributed by atoms with van der Waals surface area (Å²) in [6, 6.07) is 15.2. The highest BCUT2D eigenvalue weighted by Crippen LogP contribution is 2.28. The number of rotatable bonds is 6. The van der Waals surface area contributed by atoms with Crippen molar-refractivity contribution in [3.63, 3.8) is 0 Å². The molecule has 21 heavy (non-hydrogen) atoms. The first-order valence-corrected chi connectivity index (χ1v) is 7.42. The molecule has 2 aromatic carbocycles. The predicted molar refractivity (Wildman–Crippen MR) is 88.3 cm³/mol. The minimum atomic E-state index is -0.0748. The van der Waals surface area contributed by atoms with Gasteiger partial charge in [0.2, 0.25) is 0 Å². The average Bonchev–Trinajstić information content (AvgIpc) is 2.48. The third kappa shape index (κ3) is 4.67. The number of hydrogen-bond donors (Lipinski definition) is 2. The molecular formula is C16H20N2O2S. The maximum absolute atomic E-state index is 5.66. The van der Waals surface area contributed by atoms with Gasteiger partial charge < -0.3 is 11.5 Å². The molecule has 2 rings (SSSR count). The van der Waals surface area contributed by atoms with Crippen LogP contribution >= 0.6 is 12.3 Å². The standard InChI is InChI=1S/C16H20N2O2S/c1-11(13-3-7-15(17)8-4-13)19-21-20-12(2)14-5-9-16(18)10-6-14/h3-12H,17-18H2,1-2H3. The number of nitrogen functional groups attached to an aromatic ring is 2. The van der Waals surface area contributed by atoms with Crippen LogP contribution in [0.25, 0.3) is 0 Å². The first-order chi connectivity index (χ1) is 10.1. The molecule has 0 heterocycles. The maximum atomic E-state index is 5.66. The van der Waals surface area contributed by atoms with Crippen molar-refractivity contribution < 1.29 is 8.37 Å². The van der Waals surface area contributed by atoms with Gasteiger partial charge in [-0.15, -0.1) is 0 Å². The van der Waals surface area contributed by atoms with Crippen molar-refractivity contribution in [3.05, 3.63) is 59.7 Å². The number of hydrogen-bond acceptors (Lipinski definition) is 5. The van der Waals surface area contributed by atoms with Crippen LogP contribution in [0.3, 0.4) is 0 Å². The van der Waals surface area contributed by atoms with Crippen molar-refractivity contribution in [2.45, 2.75) is 26.1 Å². The zero-order valence-corrected chi connectivity index (χ0v) is 13.0. The minimum absolute atomic E-state index is 0.0748. The molecule has 2 atom stereocenters. The lowest BCUT2D eigenvalue weighted by Crippen LogP contribution is -1.99. The molecule has 0 amide bonds. The molecule has 112 valence electrons. The van der Waals surface area contributed by atoms with Crippen LogP contribution in [0.4, 0.5) is 11.4 Å². The molecule has 0 saturated heterocycles. The molecular weight excluding hydrogens is 284 g/mol. The van der Waals surface area contributed by atoms with Crippen LogP contribution in [0, 0.1) is 0 Å². The van der Waals surface area contributed by atoms with Gasteiger partial charge >= 0.3 is 0 Å². The second-order valence-electron chi connectivity index (χ2n) is 4.88. The normalized spacial score (nSPS) is 13.8. The summed E-state index contributed by atoms with van der Waals surface area (Å²) in [5, 5.41) is 0. The second kappa shape index (κ2) is 7.36. The Hall–Kier alpha value is -1.69. The molecule has 2 unspecified atom stereocenters. The summed E-state index contributed by atoms with van der Waals surface area (Å²) in [5.41, 5.74) is 14.9. The SMILES string of the molecule is CC(OSOC(C)c1ccc(N)cc1)c1ccc(N)cc1. The van der Waals surface area contributed by atoms with E-state index in [4.69, 9.17) is 19.8 Å². The molecule has 0 bridgehead atoms. The molecule has 5 heteroatoms. The van der Waals surface area contributed by atoms with Crippen LogP contribution in [-0.2, 0) is 8.37 Å². The fourth-order valence-corrected chi connectivity index (χ4v) is 2.29. The van der Waals surface area contributed by atoms with Gasteiger partial charge in [0.05, 0.1) is 12.2 Å². The van der Waals surface area contributed by atoms with Gasteiger partial charge in [-0.25, -0.2) is 0 Å². The van der Waals surface area contributed by atoms with Crippen molar-refractivity contribution in [1.29, 1.82) is 0 Å². The van der Waals surface area contributed by atoms with Gasteiger partial charge in [-0.05, 0) is 49.2 Å². The van der Waals surface area contributed by atoms with E-state index in [1.54, 1.807) is 0 Å². The van der Waals surface area contributed by atoms with Gasteiger partial charge in [0.1, 0.15) is 0 Å². The summed E-state index contributed by atoms with van der Waals surface area (Å²) >= 11 is 1.01. The monoisotopic (exact) mass is 304 g/mol. The lowest BCUT2D eigenvalue weighted by atomic mass is 10.1. The van der Waals surface area contributed by atoms with Gasteiger partial charge in [0.25, 0.3) is 0 Å². The lowest BCUT2D eigenvalue weighted by molar-refractivity contribution is 0.194. The van der Waals surface area contributed by atoms with Crippen molar-refractivity contribution in [3.8, 4) is 0 Å². The zero-order valence-electron chi connectivity index (χ0n) is 12.2. The fourth-order valence-electron chi connectivity index (χ4n) is 1.79. The molecule has 0 fully saturated rings. The molecule has 0 aliphatic heterocycles. The molecule has 0 spiro atoms. The molecule has 0 aliphatic carbocycles. The largest absolute Gasteiger partial charge is 0.399 e. The Kier molecular flexibility index (Phi) is 5.50. The average molecular weight is 304 g/mol. The maximum Gasteiger partial charge on any atom is 0.159 e. The van der Waals surface area contributed by atoms with Gasteiger partial charge in [-0.2, -0.15) is 0 Å². The van der Waals surface area contributed by atoms with E-state index in [0.29, 0.717) is 0 Å². The Balaban J connectivity index is 1.80. The second-order valence-corrected chi connectivity index (χ2v) is 5.40. The number of benzene rings is 2. The van der Waals surface area contributed by atoms with Crippen LogP contribution in [0.2, 0.25) is 0 Å². The van der Waals surface area contributed by atoms with E-state index >= 15 is 0 Å². The van der Waals surface area contributed by atoms with E-state index in [9.17, 15) is 0 Å². The Bertz CT molecular complexity index is 506. The van der Waals surface area contributed by atoms with Crippen LogP contribution in [-0.4, -0.2) is 0 Å². The summed E-state index contributed by atoms with van der Waals surface area (Å²) < 4.78 is 11.2. The van der Waals surface area contributed by atoms with Gasteiger partial charge in [0, 0.05) is 11.4 Å². The molecule has 0 aromatic heterocycles. The van der Waals surface area contributed by atoms with Crippen LogP contribution in [0.5, 0.6) is 0 Å². The van der Waals surface area contributed by atoms with Crippen LogP contribution in [0.1, 0.15) is 37.2 Å². The topological polar surface area (TPSA) is 70.5 Å². The number of anilines is 2. The summed E-state index contributed by atoms with van der Waals surface area (Å²) in [5.74, 6) is 0. The van der Waals surface area contributed by atoms with E-state index in [1.165, 1.54) is 0 Å².